The fraction of sp³-hybridized carbons (Fsp3) is 0.750. The lowest BCUT2D eigenvalue weighted by Gasteiger charge is -2.16. The van der Waals surface area contributed by atoms with Crippen LogP contribution in [0, 0.1) is 19.8 Å². The van der Waals surface area contributed by atoms with E-state index in [2.05, 4.69) is 17.4 Å². The fourth-order valence-corrected chi connectivity index (χ4v) is 2.30. The third-order valence-electron chi connectivity index (χ3n) is 3.26. The molecule has 0 radical (unpaired) electrons. The highest BCUT2D eigenvalue weighted by Gasteiger charge is 2.19. The molecule has 1 aromatic heterocycles. The van der Waals surface area contributed by atoms with Crippen molar-refractivity contribution >= 4 is 0 Å². The summed E-state index contributed by atoms with van der Waals surface area (Å²) in [5.74, 6) is 1.57. The van der Waals surface area contributed by atoms with Gasteiger partial charge in [0.15, 0.2) is 0 Å². The summed E-state index contributed by atoms with van der Waals surface area (Å²) in [5.41, 5.74) is 2.18. The van der Waals surface area contributed by atoms with Crippen molar-refractivity contribution in [3.63, 3.8) is 0 Å². The number of nitrogens with one attached hydrogen (secondary N) is 1. The molecule has 0 spiro atoms. The van der Waals surface area contributed by atoms with Crippen LogP contribution in [-0.4, -0.2) is 24.9 Å². The molecule has 16 heavy (non-hydrogen) atoms. The summed E-state index contributed by atoms with van der Waals surface area (Å²) in [6.07, 6.45) is 1.17. The molecule has 2 rings (SSSR count). The average molecular weight is 224 g/mol. The molecule has 0 saturated carbocycles. The minimum absolute atomic E-state index is 0.298. The summed E-state index contributed by atoms with van der Waals surface area (Å²) in [6, 6.07) is 0.298. The number of aryl methyl sites for hydroxylation is 2. The molecule has 1 aliphatic rings. The average Bonchev–Trinajstić information content (AvgIpc) is 2.86. The van der Waals surface area contributed by atoms with Crippen molar-refractivity contribution in [2.75, 3.05) is 19.8 Å². The van der Waals surface area contributed by atoms with Gasteiger partial charge in [0.1, 0.15) is 5.76 Å². The number of ether oxygens (including phenoxy) is 1. The van der Waals surface area contributed by atoms with Gasteiger partial charge in [0.2, 0.25) is 0 Å². The van der Waals surface area contributed by atoms with Gasteiger partial charge in [-0.2, -0.15) is 0 Å². The van der Waals surface area contributed by atoms with Gasteiger partial charge in [-0.15, -0.1) is 0 Å². The molecule has 1 saturated heterocycles. The maximum Gasteiger partial charge on any atom is 0.138 e. The van der Waals surface area contributed by atoms with E-state index in [1.165, 1.54) is 12.0 Å². The first-order valence-corrected chi connectivity index (χ1v) is 5.92. The van der Waals surface area contributed by atoms with Gasteiger partial charge >= 0.3 is 0 Å². The second-order valence-corrected chi connectivity index (χ2v) is 4.60. The summed E-state index contributed by atoms with van der Waals surface area (Å²) >= 11 is 0. The lowest BCUT2D eigenvalue weighted by Crippen LogP contribution is -2.26. The quantitative estimate of drug-likeness (QED) is 0.849. The molecule has 2 atom stereocenters. The van der Waals surface area contributed by atoms with E-state index in [-0.39, 0.29) is 0 Å². The molecule has 0 aromatic carbocycles. The van der Waals surface area contributed by atoms with E-state index in [0.717, 1.165) is 31.2 Å². The van der Waals surface area contributed by atoms with Gasteiger partial charge in [0.25, 0.3) is 0 Å². The minimum atomic E-state index is 0.298. The van der Waals surface area contributed by atoms with E-state index in [1.54, 1.807) is 0 Å². The van der Waals surface area contributed by atoms with Gasteiger partial charge in [-0.1, -0.05) is 5.16 Å². The van der Waals surface area contributed by atoms with Crippen LogP contribution < -0.4 is 5.32 Å². The molecule has 90 valence electrons. The third-order valence-corrected chi connectivity index (χ3v) is 3.26. The molecule has 0 amide bonds. The Labute approximate surface area is 96.3 Å². The highest BCUT2D eigenvalue weighted by molar-refractivity contribution is 5.24. The van der Waals surface area contributed by atoms with E-state index < -0.39 is 0 Å². The second-order valence-electron chi connectivity index (χ2n) is 4.60. The first-order valence-electron chi connectivity index (χ1n) is 5.92. The summed E-state index contributed by atoms with van der Waals surface area (Å²) in [4.78, 5) is 0. The Bertz CT molecular complexity index is 323. The van der Waals surface area contributed by atoms with Crippen molar-refractivity contribution < 1.29 is 9.26 Å². The van der Waals surface area contributed by atoms with Crippen molar-refractivity contribution in [3.8, 4) is 0 Å². The summed E-state index contributed by atoms with van der Waals surface area (Å²) in [5, 5.41) is 7.51. The highest BCUT2D eigenvalue weighted by atomic mass is 16.5. The molecular formula is C12H20N2O2. The van der Waals surface area contributed by atoms with Crippen molar-refractivity contribution in [1.29, 1.82) is 0 Å². The predicted molar refractivity (Wildman–Crippen MR) is 61.3 cm³/mol. The Morgan fingerprint density at radius 3 is 2.88 bits per heavy atom. The third kappa shape index (κ3) is 2.44. The van der Waals surface area contributed by atoms with Crippen LogP contribution in [-0.2, 0) is 4.74 Å². The zero-order chi connectivity index (χ0) is 11.5. The van der Waals surface area contributed by atoms with Crippen LogP contribution in [0.2, 0.25) is 0 Å². The molecule has 2 heterocycles. The fourth-order valence-electron chi connectivity index (χ4n) is 2.30. The van der Waals surface area contributed by atoms with Crippen LogP contribution in [0.5, 0.6) is 0 Å². The zero-order valence-electron chi connectivity index (χ0n) is 10.2. The molecule has 0 aliphatic carbocycles. The first-order chi connectivity index (χ1) is 7.68. The maximum atomic E-state index is 5.36. The number of hydrogen-bond acceptors (Lipinski definition) is 4. The van der Waals surface area contributed by atoms with E-state index in [9.17, 15) is 0 Å². The summed E-state index contributed by atoms with van der Waals surface area (Å²) in [6.45, 7) is 8.91. The molecule has 1 aromatic rings. The Morgan fingerprint density at radius 1 is 1.50 bits per heavy atom. The molecule has 1 fully saturated rings. The molecular weight excluding hydrogens is 204 g/mol. The number of hydrogen-bond donors (Lipinski definition) is 1. The van der Waals surface area contributed by atoms with Crippen molar-refractivity contribution in [3.05, 3.63) is 17.0 Å². The van der Waals surface area contributed by atoms with Crippen LogP contribution in [0.3, 0.4) is 0 Å². The van der Waals surface area contributed by atoms with Gasteiger partial charge in [-0.25, -0.2) is 0 Å². The van der Waals surface area contributed by atoms with Crippen LogP contribution in [0.25, 0.3) is 0 Å². The van der Waals surface area contributed by atoms with Gasteiger partial charge in [-0.3, -0.25) is 0 Å². The Morgan fingerprint density at radius 2 is 2.31 bits per heavy atom. The van der Waals surface area contributed by atoms with E-state index in [4.69, 9.17) is 9.26 Å². The molecule has 4 heteroatoms. The van der Waals surface area contributed by atoms with Gasteiger partial charge in [0.05, 0.1) is 12.3 Å². The molecule has 0 bridgehead atoms. The monoisotopic (exact) mass is 224 g/mol. The Balaban J connectivity index is 1.89. The number of nitrogens with zero attached hydrogens (tertiary/aromatic N) is 1. The van der Waals surface area contributed by atoms with Crippen molar-refractivity contribution in [2.45, 2.75) is 33.2 Å². The lowest BCUT2D eigenvalue weighted by atomic mass is 10.0. The summed E-state index contributed by atoms with van der Waals surface area (Å²) in [7, 11) is 0. The second kappa shape index (κ2) is 4.97. The van der Waals surface area contributed by atoms with E-state index >= 15 is 0 Å². The van der Waals surface area contributed by atoms with Crippen molar-refractivity contribution in [1.82, 2.24) is 10.5 Å². The van der Waals surface area contributed by atoms with Crippen LogP contribution in [0.4, 0.5) is 0 Å². The highest BCUT2D eigenvalue weighted by Crippen LogP contribution is 2.21. The van der Waals surface area contributed by atoms with Crippen LogP contribution in [0.15, 0.2) is 4.52 Å². The molecule has 1 N–H and O–H groups in total. The topological polar surface area (TPSA) is 47.3 Å². The smallest absolute Gasteiger partial charge is 0.138 e. The Kier molecular flexibility index (Phi) is 3.61. The first kappa shape index (κ1) is 11.6. The normalized spacial score (nSPS) is 22.6. The Hall–Kier alpha value is -0.870. The van der Waals surface area contributed by atoms with Gasteiger partial charge in [0, 0.05) is 24.8 Å². The predicted octanol–water partition coefficient (Wildman–Crippen LogP) is 1.98. The van der Waals surface area contributed by atoms with Gasteiger partial charge in [-0.05, 0) is 33.1 Å². The number of rotatable bonds is 4. The lowest BCUT2D eigenvalue weighted by molar-refractivity contribution is 0.184. The minimum Gasteiger partial charge on any atom is -0.381 e. The number of aromatic nitrogens is 1. The van der Waals surface area contributed by atoms with E-state index in [1.807, 2.05) is 13.8 Å². The van der Waals surface area contributed by atoms with Gasteiger partial charge < -0.3 is 14.6 Å². The summed E-state index contributed by atoms with van der Waals surface area (Å²) < 4.78 is 10.5. The molecule has 4 nitrogen and oxygen atoms in total. The maximum absolute atomic E-state index is 5.36. The molecule has 2 unspecified atom stereocenters. The van der Waals surface area contributed by atoms with E-state index in [0.29, 0.717) is 12.0 Å². The van der Waals surface area contributed by atoms with Crippen LogP contribution in [0.1, 0.15) is 36.4 Å². The molecule has 1 aliphatic heterocycles. The zero-order valence-corrected chi connectivity index (χ0v) is 10.2. The largest absolute Gasteiger partial charge is 0.381 e. The van der Waals surface area contributed by atoms with Crippen molar-refractivity contribution in [2.24, 2.45) is 5.92 Å². The van der Waals surface area contributed by atoms with Crippen LogP contribution >= 0.6 is 0 Å². The standard InChI is InChI=1S/C12H20N2O2/c1-8(12-9(2)14-16-10(12)3)13-6-11-4-5-15-7-11/h8,11,13H,4-7H2,1-3H3. The SMILES string of the molecule is Cc1noc(C)c1C(C)NCC1CCOC1.